The molecule has 136 valence electrons. The summed E-state index contributed by atoms with van der Waals surface area (Å²) in [5.74, 6) is -0.370. The highest BCUT2D eigenvalue weighted by atomic mass is 16.5. The quantitative estimate of drug-likeness (QED) is 0.337. The Morgan fingerprint density at radius 1 is 0.821 bits per heavy atom. The fourth-order valence-electron chi connectivity index (χ4n) is 2.74. The van der Waals surface area contributed by atoms with Gasteiger partial charge in [0.1, 0.15) is 0 Å². The molecule has 0 radical (unpaired) electrons. The van der Waals surface area contributed by atoms with Crippen molar-refractivity contribution in [3.8, 4) is 17.2 Å². The zero-order chi connectivity index (χ0) is 19.8. The first-order valence-corrected chi connectivity index (χ1v) is 8.83. The summed E-state index contributed by atoms with van der Waals surface area (Å²) in [6, 6.07) is 25.9. The molecule has 3 nitrogen and oxygen atoms in total. The molecule has 0 aromatic heterocycles. The zero-order valence-electron chi connectivity index (χ0n) is 15.5. The molecule has 0 heterocycles. The molecule has 0 saturated heterocycles. The number of nitriles is 1. The van der Waals surface area contributed by atoms with E-state index >= 15 is 0 Å². The van der Waals surface area contributed by atoms with Crippen LogP contribution in [0.2, 0.25) is 0 Å². The Morgan fingerprint density at radius 2 is 1.39 bits per heavy atom. The topological polar surface area (TPSA) is 50.1 Å². The normalized spacial score (nSPS) is 10.9. The first-order chi connectivity index (χ1) is 13.7. The largest absolute Gasteiger partial charge is 0.466 e. The summed E-state index contributed by atoms with van der Waals surface area (Å²) < 4.78 is 4.59. The van der Waals surface area contributed by atoms with Gasteiger partial charge in [-0.15, -0.1) is 0 Å². The molecule has 0 aliphatic rings. The number of ether oxygens (including phenoxy) is 1. The van der Waals surface area contributed by atoms with E-state index in [0.717, 1.165) is 27.8 Å². The Bertz CT molecular complexity index is 1050. The van der Waals surface area contributed by atoms with E-state index in [1.54, 1.807) is 6.08 Å². The Labute approximate surface area is 164 Å². The van der Waals surface area contributed by atoms with Gasteiger partial charge in [-0.2, -0.15) is 5.26 Å². The lowest BCUT2D eigenvalue weighted by Crippen LogP contribution is -1.93. The third kappa shape index (κ3) is 4.84. The monoisotopic (exact) mass is 365 g/mol. The lowest BCUT2D eigenvalue weighted by atomic mass is 10.0. The van der Waals surface area contributed by atoms with Crippen molar-refractivity contribution in [2.75, 3.05) is 7.11 Å². The standard InChI is InChI=1S/C25H19NO2/c1-28-25(27)17-11-20-9-15-23(16-10-20)22-13-7-19(8-14-22)6-12-21-4-2-3-5-24(21)18-26/h2-17H,1H3/b12-6-,17-11+. The second-order valence-corrected chi connectivity index (χ2v) is 6.13. The van der Waals surface area contributed by atoms with Crippen LogP contribution in [0.1, 0.15) is 22.3 Å². The molecule has 0 saturated carbocycles. The van der Waals surface area contributed by atoms with Gasteiger partial charge in [0.15, 0.2) is 0 Å². The average molecular weight is 365 g/mol. The van der Waals surface area contributed by atoms with Crippen LogP contribution in [0.5, 0.6) is 0 Å². The second-order valence-electron chi connectivity index (χ2n) is 6.13. The maximum atomic E-state index is 11.2. The number of carbonyl (C=O) groups is 1. The van der Waals surface area contributed by atoms with E-state index in [-0.39, 0.29) is 5.97 Å². The van der Waals surface area contributed by atoms with Crippen molar-refractivity contribution in [3.63, 3.8) is 0 Å². The van der Waals surface area contributed by atoms with E-state index in [9.17, 15) is 4.79 Å². The zero-order valence-corrected chi connectivity index (χ0v) is 15.5. The lowest BCUT2D eigenvalue weighted by Gasteiger charge is -2.03. The third-order valence-corrected chi connectivity index (χ3v) is 4.30. The van der Waals surface area contributed by atoms with Crippen molar-refractivity contribution in [1.29, 1.82) is 5.26 Å². The Balaban J connectivity index is 1.72. The molecule has 3 aromatic carbocycles. The van der Waals surface area contributed by atoms with Gasteiger partial charge < -0.3 is 4.74 Å². The van der Waals surface area contributed by atoms with E-state index in [2.05, 4.69) is 22.9 Å². The van der Waals surface area contributed by atoms with Crippen LogP contribution < -0.4 is 0 Å². The van der Waals surface area contributed by atoms with Crippen molar-refractivity contribution in [1.82, 2.24) is 0 Å². The van der Waals surface area contributed by atoms with E-state index in [4.69, 9.17) is 5.26 Å². The number of carbonyl (C=O) groups excluding carboxylic acids is 1. The molecular weight excluding hydrogens is 346 g/mol. The summed E-state index contributed by atoms with van der Waals surface area (Å²) in [5, 5.41) is 9.16. The van der Waals surface area contributed by atoms with Gasteiger partial charge in [-0.25, -0.2) is 4.79 Å². The number of esters is 1. The number of hydrogen-bond donors (Lipinski definition) is 0. The molecule has 0 aliphatic carbocycles. The third-order valence-electron chi connectivity index (χ3n) is 4.30. The van der Waals surface area contributed by atoms with Crippen LogP contribution in [0, 0.1) is 11.3 Å². The summed E-state index contributed by atoms with van der Waals surface area (Å²) in [5.41, 5.74) is 5.78. The summed E-state index contributed by atoms with van der Waals surface area (Å²) in [6.45, 7) is 0. The van der Waals surface area contributed by atoms with E-state index < -0.39 is 0 Å². The highest BCUT2D eigenvalue weighted by Gasteiger charge is 1.99. The molecule has 0 bridgehead atoms. The average Bonchev–Trinajstić information content (AvgIpc) is 2.77. The van der Waals surface area contributed by atoms with Gasteiger partial charge in [0.25, 0.3) is 0 Å². The molecule has 0 fully saturated rings. The van der Waals surface area contributed by atoms with Gasteiger partial charge in [0.2, 0.25) is 0 Å². The van der Waals surface area contributed by atoms with Crippen LogP contribution in [-0.4, -0.2) is 13.1 Å². The lowest BCUT2D eigenvalue weighted by molar-refractivity contribution is -0.134. The number of nitrogens with zero attached hydrogens (tertiary/aromatic N) is 1. The smallest absolute Gasteiger partial charge is 0.330 e. The van der Waals surface area contributed by atoms with Crippen molar-refractivity contribution >= 4 is 24.2 Å². The highest BCUT2D eigenvalue weighted by Crippen LogP contribution is 2.22. The molecule has 0 amide bonds. The number of rotatable bonds is 5. The Kier molecular flexibility index (Phi) is 6.17. The van der Waals surface area contributed by atoms with E-state index in [0.29, 0.717) is 5.56 Å². The first kappa shape index (κ1) is 18.9. The molecule has 3 heteroatoms. The maximum absolute atomic E-state index is 11.2. The highest BCUT2D eigenvalue weighted by molar-refractivity contribution is 5.87. The minimum atomic E-state index is -0.370. The van der Waals surface area contributed by atoms with Crippen molar-refractivity contribution in [2.45, 2.75) is 0 Å². The van der Waals surface area contributed by atoms with Crippen LogP contribution in [0.25, 0.3) is 29.4 Å². The predicted molar refractivity (Wildman–Crippen MR) is 113 cm³/mol. The molecule has 0 spiro atoms. The minimum Gasteiger partial charge on any atom is -0.466 e. The van der Waals surface area contributed by atoms with E-state index in [1.165, 1.54) is 13.2 Å². The van der Waals surface area contributed by atoms with Crippen molar-refractivity contribution in [3.05, 3.63) is 101 Å². The summed E-state index contributed by atoms with van der Waals surface area (Å²) >= 11 is 0. The fraction of sp³-hybridized carbons (Fsp3) is 0.0400. The number of methoxy groups -OCH3 is 1. The van der Waals surface area contributed by atoms with Gasteiger partial charge in [-0.05, 0) is 40.0 Å². The van der Waals surface area contributed by atoms with Crippen LogP contribution in [0.3, 0.4) is 0 Å². The SMILES string of the molecule is COC(=O)/C=C/c1ccc(-c2ccc(/C=C\c3ccccc3C#N)cc2)cc1. The first-order valence-electron chi connectivity index (χ1n) is 8.83. The number of hydrogen-bond acceptors (Lipinski definition) is 3. The van der Waals surface area contributed by atoms with Crippen LogP contribution in [0.4, 0.5) is 0 Å². The van der Waals surface area contributed by atoms with Crippen LogP contribution >= 0.6 is 0 Å². The maximum Gasteiger partial charge on any atom is 0.330 e. The molecule has 3 aromatic rings. The summed E-state index contributed by atoms with van der Waals surface area (Å²) in [4.78, 5) is 11.2. The minimum absolute atomic E-state index is 0.370. The summed E-state index contributed by atoms with van der Waals surface area (Å²) in [7, 11) is 1.36. The molecule has 0 unspecified atom stereocenters. The molecule has 28 heavy (non-hydrogen) atoms. The summed E-state index contributed by atoms with van der Waals surface area (Å²) in [6.07, 6.45) is 7.08. The van der Waals surface area contributed by atoms with Crippen molar-refractivity contribution < 1.29 is 9.53 Å². The molecule has 0 aliphatic heterocycles. The molecule has 0 atom stereocenters. The predicted octanol–water partition coefficient (Wildman–Crippen LogP) is 5.58. The van der Waals surface area contributed by atoms with Gasteiger partial charge >= 0.3 is 5.97 Å². The molecule has 0 N–H and O–H groups in total. The van der Waals surface area contributed by atoms with Gasteiger partial charge in [0, 0.05) is 6.08 Å². The van der Waals surface area contributed by atoms with E-state index in [1.807, 2.05) is 72.8 Å². The molecule has 3 rings (SSSR count). The molecular formula is C25H19NO2. The Morgan fingerprint density at radius 3 is 1.96 bits per heavy atom. The van der Waals surface area contributed by atoms with Gasteiger partial charge in [0.05, 0.1) is 18.7 Å². The van der Waals surface area contributed by atoms with Gasteiger partial charge in [-0.1, -0.05) is 78.9 Å². The number of benzene rings is 3. The van der Waals surface area contributed by atoms with Crippen molar-refractivity contribution in [2.24, 2.45) is 0 Å². The van der Waals surface area contributed by atoms with Crippen LogP contribution in [0.15, 0.2) is 78.9 Å². The fourth-order valence-corrected chi connectivity index (χ4v) is 2.74. The van der Waals surface area contributed by atoms with Crippen LogP contribution in [-0.2, 0) is 9.53 Å². The Hall–Kier alpha value is -3.90. The van der Waals surface area contributed by atoms with Gasteiger partial charge in [-0.3, -0.25) is 0 Å². The second kappa shape index (κ2) is 9.16.